The van der Waals surface area contributed by atoms with Crippen LogP contribution >= 0.6 is 0 Å². The summed E-state index contributed by atoms with van der Waals surface area (Å²) < 4.78 is 22.1. The summed E-state index contributed by atoms with van der Waals surface area (Å²) >= 11 is 0. The lowest BCUT2D eigenvalue weighted by Gasteiger charge is -2.19. The van der Waals surface area contributed by atoms with Crippen LogP contribution in [0.2, 0.25) is 0 Å². The fourth-order valence-corrected chi connectivity index (χ4v) is 3.78. The van der Waals surface area contributed by atoms with Crippen molar-refractivity contribution in [2.45, 2.75) is 12.4 Å². The number of phenols is 2. The van der Waals surface area contributed by atoms with Crippen molar-refractivity contribution < 1.29 is 39.1 Å². The number of ketones is 1. The lowest BCUT2D eigenvalue weighted by atomic mass is 9.87. The Morgan fingerprint density at radius 3 is 2.24 bits per heavy atom. The third kappa shape index (κ3) is 3.21. The first-order valence-corrected chi connectivity index (χ1v) is 8.93. The molecule has 2 aliphatic rings. The van der Waals surface area contributed by atoms with E-state index >= 15 is 0 Å². The topological polar surface area (TPSA) is 115 Å². The third-order valence-electron chi connectivity index (χ3n) is 5.18. The van der Waals surface area contributed by atoms with Crippen LogP contribution in [0.15, 0.2) is 48.2 Å². The van der Waals surface area contributed by atoms with Crippen molar-refractivity contribution in [1.82, 2.24) is 0 Å². The van der Waals surface area contributed by atoms with Crippen LogP contribution in [0, 0.1) is 11.8 Å². The quantitative estimate of drug-likeness (QED) is 0.702. The molecule has 152 valence electrons. The number of ether oxygens (including phenoxy) is 4. The third-order valence-corrected chi connectivity index (χ3v) is 5.18. The Bertz CT molecular complexity index is 983. The van der Waals surface area contributed by atoms with Crippen LogP contribution in [0.3, 0.4) is 0 Å². The summed E-state index contributed by atoms with van der Waals surface area (Å²) in [6, 6.07) is 9.11. The van der Waals surface area contributed by atoms with Gasteiger partial charge in [0.1, 0.15) is 11.5 Å². The van der Waals surface area contributed by atoms with Gasteiger partial charge in [-0.25, -0.2) is 0 Å². The van der Waals surface area contributed by atoms with E-state index in [0.717, 1.165) is 0 Å². The molecule has 3 N–H and O–H groups in total. The van der Waals surface area contributed by atoms with E-state index < -0.39 is 24.2 Å². The smallest absolute Gasteiger partial charge is 0.211 e. The Hall–Kier alpha value is -3.39. The zero-order valence-corrected chi connectivity index (χ0v) is 15.7. The van der Waals surface area contributed by atoms with Crippen molar-refractivity contribution in [3.8, 4) is 28.7 Å². The molecule has 0 saturated carbocycles. The van der Waals surface area contributed by atoms with E-state index in [9.17, 15) is 20.1 Å². The highest BCUT2D eigenvalue weighted by molar-refractivity contribution is 5.96. The Labute approximate surface area is 166 Å². The van der Waals surface area contributed by atoms with Crippen LogP contribution in [0.25, 0.3) is 0 Å². The van der Waals surface area contributed by atoms with E-state index in [2.05, 4.69) is 0 Å². The molecule has 0 aromatic heterocycles. The summed E-state index contributed by atoms with van der Waals surface area (Å²) in [7, 11) is 2.84. The van der Waals surface area contributed by atoms with Crippen molar-refractivity contribution in [1.29, 1.82) is 0 Å². The molecule has 4 rings (SSSR count). The van der Waals surface area contributed by atoms with Gasteiger partial charge in [-0.1, -0.05) is 6.07 Å². The van der Waals surface area contributed by atoms with Crippen molar-refractivity contribution in [2.24, 2.45) is 11.8 Å². The molecule has 0 bridgehead atoms. The summed E-state index contributed by atoms with van der Waals surface area (Å²) in [5, 5.41) is 29.9. The van der Waals surface area contributed by atoms with E-state index in [1.54, 1.807) is 12.1 Å². The molecule has 0 amide bonds. The van der Waals surface area contributed by atoms with Crippen molar-refractivity contribution in [3.63, 3.8) is 0 Å². The predicted molar refractivity (Wildman–Crippen MR) is 100 cm³/mol. The number of aromatic hydroxyl groups is 2. The number of hydrogen-bond acceptors (Lipinski definition) is 8. The Kier molecular flexibility index (Phi) is 4.71. The standard InChI is InChI=1S/C21H20O8/c1-26-16-7-10(3-5-12(16)22)20-18-14(24)9-15(25)19(18)21(29-20)28-11-4-6-13(23)17(8-11)27-2/h3-9,18-23,25H,1-2H3/t18-,19+,20+,21+/m0/s1. The molecule has 4 atom stereocenters. The zero-order chi connectivity index (χ0) is 20.7. The Morgan fingerprint density at radius 2 is 1.55 bits per heavy atom. The summed E-state index contributed by atoms with van der Waals surface area (Å²) in [5.74, 6) is -0.994. The Balaban J connectivity index is 1.66. The number of benzene rings is 2. The van der Waals surface area contributed by atoms with Gasteiger partial charge in [0.2, 0.25) is 6.29 Å². The number of carbonyl (C=O) groups excluding carboxylic acids is 1. The molecule has 8 heteroatoms. The minimum atomic E-state index is -0.943. The summed E-state index contributed by atoms with van der Waals surface area (Å²) in [4.78, 5) is 12.5. The molecule has 1 fully saturated rings. The minimum Gasteiger partial charge on any atom is -0.512 e. The Morgan fingerprint density at radius 1 is 0.897 bits per heavy atom. The van der Waals surface area contributed by atoms with E-state index in [0.29, 0.717) is 11.3 Å². The molecule has 0 unspecified atom stereocenters. The van der Waals surface area contributed by atoms with E-state index in [-0.39, 0.29) is 34.5 Å². The molecule has 0 radical (unpaired) electrons. The van der Waals surface area contributed by atoms with Gasteiger partial charge < -0.3 is 34.3 Å². The number of aliphatic hydroxyl groups is 1. The average molecular weight is 400 g/mol. The van der Waals surface area contributed by atoms with Crippen molar-refractivity contribution >= 4 is 5.78 Å². The molecule has 1 heterocycles. The molecular weight excluding hydrogens is 380 g/mol. The maximum Gasteiger partial charge on any atom is 0.211 e. The fourth-order valence-electron chi connectivity index (χ4n) is 3.78. The lowest BCUT2D eigenvalue weighted by Crippen LogP contribution is -2.26. The van der Waals surface area contributed by atoms with Gasteiger partial charge in [-0.2, -0.15) is 0 Å². The summed E-state index contributed by atoms with van der Waals surface area (Å²) in [6.45, 7) is 0. The molecule has 2 aromatic carbocycles. The molecule has 2 aromatic rings. The van der Waals surface area contributed by atoms with Gasteiger partial charge in [0.25, 0.3) is 0 Å². The normalized spacial score (nSPS) is 25.4. The monoisotopic (exact) mass is 400 g/mol. The van der Waals surface area contributed by atoms with Crippen molar-refractivity contribution in [2.75, 3.05) is 14.2 Å². The van der Waals surface area contributed by atoms with Gasteiger partial charge >= 0.3 is 0 Å². The zero-order valence-electron chi connectivity index (χ0n) is 15.7. The number of rotatable bonds is 5. The number of fused-ring (bicyclic) bond motifs is 1. The molecule has 1 aliphatic heterocycles. The second-order valence-corrected chi connectivity index (χ2v) is 6.83. The largest absolute Gasteiger partial charge is 0.512 e. The van der Waals surface area contributed by atoms with E-state index in [1.807, 2.05) is 0 Å². The van der Waals surface area contributed by atoms with Gasteiger partial charge in [0.05, 0.1) is 32.2 Å². The summed E-state index contributed by atoms with van der Waals surface area (Å²) in [5.41, 5.74) is 0.612. The van der Waals surface area contributed by atoms with Gasteiger partial charge in [-0.15, -0.1) is 0 Å². The maximum atomic E-state index is 12.5. The van der Waals surface area contributed by atoms with E-state index in [1.165, 1.54) is 44.6 Å². The van der Waals surface area contributed by atoms with Crippen LogP contribution in [-0.2, 0) is 9.53 Å². The maximum absolute atomic E-state index is 12.5. The first-order chi connectivity index (χ1) is 13.9. The number of carbonyl (C=O) groups is 1. The highest BCUT2D eigenvalue weighted by atomic mass is 16.7. The minimum absolute atomic E-state index is 0.0338. The lowest BCUT2D eigenvalue weighted by molar-refractivity contribution is -0.120. The van der Waals surface area contributed by atoms with Crippen LogP contribution in [0.4, 0.5) is 0 Å². The SMILES string of the molecule is COc1cc(O[C@@H]2O[C@H](c3ccc(O)c(OC)c3)[C@H]3C(=O)C=C(O)[C@@H]23)ccc1O. The van der Waals surface area contributed by atoms with Crippen LogP contribution in [0.1, 0.15) is 11.7 Å². The van der Waals surface area contributed by atoms with Gasteiger partial charge in [0.15, 0.2) is 28.8 Å². The summed E-state index contributed by atoms with van der Waals surface area (Å²) in [6.07, 6.45) is -0.454. The van der Waals surface area contributed by atoms with Gasteiger partial charge in [0, 0.05) is 12.1 Å². The number of phenolic OH excluding ortho intramolecular Hbond substituents is 2. The fraction of sp³-hybridized carbons (Fsp3) is 0.286. The number of methoxy groups -OCH3 is 2. The number of allylic oxidation sites excluding steroid dienone is 1. The second kappa shape index (κ2) is 7.21. The molecule has 0 spiro atoms. The first-order valence-electron chi connectivity index (χ1n) is 8.93. The molecule has 1 aliphatic carbocycles. The van der Waals surface area contributed by atoms with Gasteiger partial charge in [-0.05, 0) is 29.8 Å². The number of aliphatic hydroxyl groups excluding tert-OH is 1. The molecule has 1 saturated heterocycles. The van der Waals surface area contributed by atoms with Crippen LogP contribution < -0.4 is 14.2 Å². The van der Waals surface area contributed by atoms with Crippen molar-refractivity contribution in [3.05, 3.63) is 53.8 Å². The predicted octanol–water partition coefficient (Wildman–Crippen LogP) is 2.85. The molecule has 8 nitrogen and oxygen atoms in total. The molecule has 29 heavy (non-hydrogen) atoms. The second-order valence-electron chi connectivity index (χ2n) is 6.83. The average Bonchev–Trinajstić information content (AvgIpc) is 3.22. The number of hydrogen-bond donors (Lipinski definition) is 3. The van der Waals surface area contributed by atoms with Gasteiger partial charge in [-0.3, -0.25) is 4.79 Å². The highest BCUT2D eigenvalue weighted by Gasteiger charge is 2.55. The molecular formula is C21H20O8. The van der Waals surface area contributed by atoms with Crippen LogP contribution in [-0.4, -0.2) is 41.6 Å². The van der Waals surface area contributed by atoms with Crippen LogP contribution in [0.5, 0.6) is 28.7 Å². The first kappa shape index (κ1) is 18.9. The highest BCUT2D eigenvalue weighted by Crippen LogP contribution is 2.50. The van der Waals surface area contributed by atoms with E-state index in [4.69, 9.17) is 18.9 Å².